The van der Waals surface area contributed by atoms with Crippen molar-refractivity contribution in [1.82, 2.24) is 15.1 Å². The van der Waals surface area contributed by atoms with Crippen LogP contribution in [0.2, 0.25) is 0 Å². The number of aryl methyl sites for hydroxylation is 1. The standard InChI is InChI=1S/C17H19F2N3O3/c1-22-8-10(7-20-22)16(9-3-11(23)4-9)21-17(24)15-13(18)5-12(25-2)6-14(15)19/h5-9,11,16,23H,3-4H2,1-2H3,(H,21,24). The predicted octanol–water partition coefficient (Wildman–Crippen LogP) is 1.95. The Morgan fingerprint density at radius 2 is 2.04 bits per heavy atom. The molecule has 134 valence electrons. The van der Waals surface area contributed by atoms with Crippen LogP contribution in [0.5, 0.6) is 5.75 Å². The Hall–Kier alpha value is -2.48. The number of nitrogens with one attached hydrogen (secondary N) is 1. The number of nitrogens with zero attached hydrogens (tertiary/aromatic N) is 2. The molecular formula is C17H19F2N3O3. The molecule has 1 atom stereocenters. The van der Waals surface area contributed by atoms with E-state index in [1.807, 2.05) is 0 Å². The molecule has 25 heavy (non-hydrogen) atoms. The van der Waals surface area contributed by atoms with Crippen LogP contribution in [0.25, 0.3) is 0 Å². The van der Waals surface area contributed by atoms with E-state index in [0.29, 0.717) is 12.8 Å². The number of benzene rings is 1. The van der Waals surface area contributed by atoms with Crippen LogP contribution in [0.15, 0.2) is 24.5 Å². The zero-order valence-corrected chi connectivity index (χ0v) is 13.9. The number of ether oxygens (including phenoxy) is 1. The normalized spacial score (nSPS) is 20.7. The average Bonchev–Trinajstić information content (AvgIpc) is 2.95. The van der Waals surface area contributed by atoms with E-state index in [-0.39, 0.29) is 11.7 Å². The first-order chi connectivity index (χ1) is 11.9. The van der Waals surface area contributed by atoms with Crippen molar-refractivity contribution in [3.63, 3.8) is 0 Å². The van der Waals surface area contributed by atoms with Gasteiger partial charge in [0.15, 0.2) is 0 Å². The molecule has 1 aliphatic carbocycles. The van der Waals surface area contributed by atoms with Crippen molar-refractivity contribution in [3.05, 3.63) is 47.3 Å². The fourth-order valence-electron chi connectivity index (χ4n) is 3.07. The second-order valence-corrected chi connectivity index (χ2v) is 6.25. The predicted molar refractivity (Wildman–Crippen MR) is 85.1 cm³/mol. The van der Waals surface area contributed by atoms with Crippen molar-refractivity contribution in [1.29, 1.82) is 0 Å². The molecule has 3 rings (SSSR count). The maximum Gasteiger partial charge on any atom is 0.257 e. The lowest BCUT2D eigenvalue weighted by Crippen LogP contribution is -2.41. The summed E-state index contributed by atoms with van der Waals surface area (Å²) in [6.07, 6.45) is 3.92. The molecule has 6 nitrogen and oxygen atoms in total. The summed E-state index contributed by atoms with van der Waals surface area (Å²) < 4.78 is 34.6. The lowest BCUT2D eigenvalue weighted by atomic mass is 9.75. The van der Waals surface area contributed by atoms with Crippen molar-refractivity contribution in [2.24, 2.45) is 13.0 Å². The van der Waals surface area contributed by atoms with Crippen LogP contribution in [0.4, 0.5) is 8.78 Å². The van der Waals surface area contributed by atoms with E-state index >= 15 is 0 Å². The van der Waals surface area contributed by atoms with Crippen molar-refractivity contribution in [2.75, 3.05) is 7.11 Å². The summed E-state index contributed by atoms with van der Waals surface area (Å²) in [4.78, 5) is 12.5. The van der Waals surface area contributed by atoms with Gasteiger partial charge in [-0.1, -0.05) is 0 Å². The summed E-state index contributed by atoms with van der Waals surface area (Å²) in [5, 5.41) is 16.3. The van der Waals surface area contributed by atoms with Gasteiger partial charge in [0.05, 0.1) is 25.5 Å². The Morgan fingerprint density at radius 3 is 2.52 bits per heavy atom. The fraction of sp³-hybridized carbons (Fsp3) is 0.412. The Balaban J connectivity index is 1.86. The highest BCUT2D eigenvalue weighted by molar-refractivity contribution is 5.95. The monoisotopic (exact) mass is 351 g/mol. The van der Waals surface area contributed by atoms with Crippen LogP contribution in [0, 0.1) is 17.6 Å². The van der Waals surface area contributed by atoms with Crippen molar-refractivity contribution < 1.29 is 23.4 Å². The van der Waals surface area contributed by atoms with Crippen LogP contribution in [0.3, 0.4) is 0 Å². The molecule has 1 aliphatic rings. The molecule has 2 N–H and O–H groups in total. The molecule has 0 aliphatic heterocycles. The summed E-state index contributed by atoms with van der Waals surface area (Å²) in [6, 6.07) is 1.44. The van der Waals surface area contributed by atoms with Gasteiger partial charge in [0.1, 0.15) is 22.9 Å². The molecular weight excluding hydrogens is 332 g/mol. The third kappa shape index (κ3) is 3.48. The molecule has 0 saturated heterocycles. The van der Waals surface area contributed by atoms with Gasteiger partial charge in [-0.25, -0.2) is 8.78 Å². The van der Waals surface area contributed by atoms with E-state index in [0.717, 1.165) is 17.7 Å². The van der Waals surface area contributed by atoms with E-state index in [1.165, 1.54) is 7.11 Å². The summed E-state index contributed by atoms with van der Waals surface area (Å²) in [5.41, 5.74) is 0.0663. The zero-order chi connectivity index (χ0) is 18.1. The van der Waals surface area contributed by atoms with Gasteiger partial charge in [0.2, 0.25) is 0 Å². The second kappa shape index (κ2) is 6.79. The quantitative estimate of drug-likeness (QED) is 0.863. The van der Waals surface area contributed by atoms with E-state index in [9.17, 15) is 18.7 Å². The smallest absolute Gasteiger partial charge is 0.257 e. The Morgan fingerprint density at radius 1 is 1.40 bits per heavy atom. The van der Waals surface area contributed by atoms with Crippen LogP contribution >= 0.6 is 0 Å². The molecule has 1 aromatic heterocycles. The number of carbonyl (C=O) groups excluding carboxylic acids is 1. The van der Waals surface area contributed by atoms with E-state index < -0.39 is 35.3 Å². The number of amides is 1. The first-order valence-electron chi connectivity index (χ1n) is 7.89. The van der Waals surface area contributed by atoms with Crippen LogP contribution in [-0.2, 0) is 7.05 Å². The van der Waals surface area contributed by atoms with Crippen LogP contribution in [-0.4, -0.2) is 34.0 Å². The third-order valence-corrected chi connectivity index (χ3v) is 4.47. The lowest BCUT2D eigenvalue weighted by molar-refractivity contribution is 0.0234. The molecule has 0 bridgehead atoms. The Kier molecular flexibility index (Phi) is 4.71. The highest BCUT2D eigenvalue weighted by atomic mass is 19.1. The summed E-state index contributed by atoms with van der Waals surface area (Å²) in [7, 11) is 3.02. The van der Waals surface area contributed by atoms with Gasteiger partial charge in [-0.05, 0) is 18.8 Å². The molecule has 1 saturated carbocycles. The molecule has 0 spiro atoms. The molecule has 1 aromatic carbocycles. The SMILES string of the molecule is COc1cc(F)c(C(=O)NC(c2cnn(C)c2)C2CC(O)C2)c(F)c1. The number of carbonyl (C=O) groups is 1. The fourth-order valence-corrected chi connectivity index (χ4v) is 3.07. The van der Waals surface area contributed by atoms with Crippen molar-refractivity contribution >= 4 is 5.91 Å². The maximum atomic E-state index is 14.1. The Labute approximate surface area is 143 Å². The number of methoxy groups -OCH3 is 1. The molecule has 1 fully saturated rings. The number of hydrogen-bond acceptors (Lipinski definition) is 4. The van der Waals surface area contributed by atoms with E-state index in [2.05, 4.69) is 10.4 Å². The van der Waals surface area contributed by atoms with Crippen molar-refractivity contribution in [3.8, 4) is 5.75 Å². The first kappa shape index (κ1) is 17.3. The highest BCUT2D eigenvalue weighted by Crippen LogP contribution is 2.38. The minimum absolute atomic E-state index is 0.00234. The van der Waals surface area contributed by atoms with Gasteiger partial charge in [-0.3, -0.25) is 9.48 Å². The van der Waals surface area contributed by atoms with Crippen molar-refractivity contribution in [2.45, 2.75) is 25.0 Å². The van der Waals surface area contributed by atoms with Gasteiger partial charge in [-0.2, -0.15) is 5.10 Å². The van der Waals surface area contributed by atoms with Gasteiger partial charge >= 0.3 is 0 Å². The van der Waals surface area contributed by atoms with Gasteiger partial charge in [-0.15, -0.1) is 0 Å². The Bertz CT molecular complexity index is 764. The summed E-state index contributed by atoms with van der Waals surface area (Å²) in [5.74, 6) is -2.86. The van der Waals surface area contributed by atoms with E-state index in [4.69, 9.17) is 4.74 Å². The molecule has 1 heterocycles. The molecule has 0 radical (unpaired) electrons. The van der Waals surface area contributed by atoms with Crippen LogP contribution < -0.4 is 10.1 Å². The zero-order valence-electron chi connectivity index (χ0n) is 13.9. The molecule has 8 heteroatoms. The number of aliphatic hydroxyl groups is 1. The number of halogens is 2. The topological polar surface area (TPSA) is 76.4 Å². The number of aliphatic hydroxyl groups excluding tert-OH is 1. The average molecular weight is 351 g/mol. The molecule has 1 unspecified atom stereocenters. The highest BCUT2D eigenvalue weighted by Gasteiger charge is 2.37. The maximum absolute atomic E-state index is 14.1. The third-order valence-electron chi connectivity index (χ3n) is 4.47. The number of aromatic nitrogens is 2. The van der Waals surface area contributed by atoms with Crippen LogP contribution in [0.1, 0.15) is 34.8 Å². The first-order valence-corrected chi connectivity index (χ1v) is 7.89. The lowest BCUT2D eigenvalue weighted by Gasteiger charge is -2.37. The molecule has 1 amide bonds. The summed E-state index contributed by atoms with van der Waals surface area (Å²) in [6.45, 7) is 0. The largest absolute Gasteiger partial charge is 0.497 e. The van der Waals surface area contributed by atoms with E-state index in [1.54, 1.807) is 24.1 Å². The minimum atomic E-state index is -0.993. The van der Waals surface area contributed by atoms with Gasteiger partial charge < -0.3 is 15.2 Å². The summed E-state index contributed by atoms with van der Waals surface area (Å²) >= 11 is 0. The number of rotatable bonds is 5. The minimum Gasteiger partial charge on any atom is -0.497 e. The number of hydrogen-bond donors (Lipinski definition) is 2. The second-order valence-electron chi connectivity index (χ2n) is 6.25. The van der Waals surface area contributed by atoms with Gasteiger partial charge in [0.25, 0.3) is 5.91 Å². The molecule has 2 aromatic rings. The van der Waals surface area contributed by atoms with Gasteiger partial charge in [0, 0.05) is 30.9 Å².